The lowest BCUT2D eigenvalue weighted by atomic mass is 10.1. The van der Waals surface area contributed by atoms with E-state index in [-0.39, 0.29) is 5.91 Å². The van der Waals surface area contributed by atoms with Gasteiger partial charge in [0.1, 0.15) is 0 Å². The van der Waals surface area contributed by atoms with Crippen molar-refractivity contribution in [1.29, 1.82) is 0 Å². The van der Waals surface area contributed by atoms with E-state index in [1.165, 1.54) is 0 Å². The molecule has 3 rings (SSSR count). The summed E-state index contributed by atoms with van der Waals surface area (Å²) in [4.78, 5) is 13.4. The van der Waals surface area contributed by atoms with E-state index in [0.29, 0.717) is 19.0 Å². The van der Waals surface area contributed by atoms with Crippen LogP contribution in [0.5, 0.6) is 0 Å². The molecule has 6 heteroatoms. The molecular formula is C13H14N4O2. The summed E-state index contributed by atoms with van der Waals surface area (Å²) in [7, 11) is 0. The molecule has 0 saturated carbocycles. The Labute approximate surface area is 110 Å². The molecule has 3 N–H and O–H groups in total. The average molecular weight is 258 g/mol. The van der Waals surface area contributed by atoms with Crippen LogP contribution in [0.2, 0.25) is 0 Å². The standard InChI is InChI=1S/C13H14N4O2/c14-13-11(7-16-19-13)9-1-3-10(4-2-9)17-6-5-15-12(18)8-17/h1-4,7H,5-6,8,14H2,(H,15,18). The summed E-state index contributed by atoms with van der Waals surface area (Å²) in [5, 5.41) is 6.46. The van der Waals surface area contributed by atoms with Crippen LogP contribution in [0.4, 0.5) is 11.6 Å². The molecule has 1 fully saturated rings. The molecule has 0 spiro atoms. The van der Waals surface area contributed by atoms with Gasteiger partial charge in [-0.2, -0.15) is 0 Å². The van der Waals surface area contributed by atoms with Crippen molar-refractivity contribution in [1.82, 2.24) is 10.5 Å². The molecule has 2 heterocycles. The van der Waals surface area contributed by atoms with Gasteiger partial charge in [-0.05, 0) is 17.7 Å². The summed E-state index contributed by atoms with van der Waals surface area (Å²) in [6, 6.07) is 7.84. The van der Waals surface area contributed by atoms with Crippen LogP contribution < -0.4 is 16.0 Å². The number of carbonyl (C=O) groups excluding carboxylic acids is 1. The number of amides is 1. The van der Waals surface area contributed by atoms with Gasteiger partial charge >= 0.3 is 0 Å². The van der Waals surface area contributed by atoms with E-state index in [1.54, 1.807) is 6.20 Å². The Morgan fingerprint density at radius 1 is 1.32 bits per heavy atom. The Hall–Kier alpha value is -2.50. The van der Waals surface area contributed by atoms with E-state index < -0.39 is 0 Å². The normalized spacial score (nSPS) is 15.4. The monoisotopic (exact) mass is 258 g/mol. The molecule has 0 radical (unpaired) electrons. The number of anilines is 2. The van der Waals surface area contributed by atoms with Gasteiger partial charge in [-0.1, -0.05) is 17.3 Å². The smallest absolute Gasteiger partial charge is 0.239 e. The Balaban J connectivity index is 1.83. The van der Waals surface area contributed by atoms with Crippen molar-refractivity contribution in [3.8, 4) is 11.1 Å². The number of nitrogen functional groups attached to an aromatic ring is 1. The van der Waals surface area contributed by atoms with E-state index >= 15 is 0 Å². The third-order valence-electron chi connectivity index (χ3n) is 3.18. The molecule has 98 valence electrons. The fourth-order valence-corrected chi connectivity index (χ4v) is 2.18. The SMILES string of the molecule is Nc1oncc1-c1ccc(N2CCNC(=O)C2)cc1. The fourth-order valence-electron chi connectivity index (χ4n) is 2.18. The van der Waals surface area contributed by atoms with Crippen molar-refractivity contribution in [3.05, 3.63) is 30.5 Å². The van der Waals surface area contributed by atoms with Crippen LogP contribution in [-0.2, 0) is 4.79 Å². The third kappa shape index (κ3) is 2.24. The lowest BCUT2D eigenvalue weighted by molar-refractivity contribution is -0.120. The highest BCUT2D eigenvalue weighted by molar-refractivity contribution is 5.83. The zero-order valence-electron chi connectivity index (χ0n) is 10.3. The Morgan fingerprint density at radius 3 is 2.74 bits per heavy atom. The number of piperazine rings is 1. The van der Waals surface area contributed by atoms with Gasteiger partial charge < -0.3 is 20.5 Å². The molecular weight excluding hydrogens is 244 g/mol. The number of benzene rings is 1. The number of aromatic nitrogens is 1. The maximum atomic E-state index is 11.4. The second-order valence-electron chi connectivity index (χ2n) is 4.42. The van der Waals surface area contributed by atoms with Crippen LogP contribution in [0, 0.1) is 0 Å². The predicted molar refractivity (Wildman–Crippen MR) is 71.6 cm³/mol. The summed E-state index contributed by atoms with van der Waals surface area (Å²) in [5.41, 5.74) is 8.43. The van der Waals surface area contributed by atoms with Gasteiger partial charge in [-0.25, -0.2) is 0 Å². The topological polar surface area (TPSA) is 84.4 Å². The quantitative estimate of drug-likeness (QED) is 0.834. The van der Waals surface area contributed by atoms with Gasteiger partial charge in [0.15, 0.2) is 0 Å². The van der Waals surface area contributed by atoms with Crippen LogP contribution in [-0.4, -0.2) is 30.7 Å². The second kappa shape index (κ2) is 4.64. The van der Waals surface area contributed by atoms with Crippen LogP contribution in [0.1, 0.15) is 0 Å². The molecule has 1 saturated heterocycles. The maximum absolute atomic E-state index is 11.4. The molecule has 0 unspecified atom stereocenters. The van der Waals surface area contributed by atoms with Crippen LogP contribution in [0.15, 0.2) is 35.0 Å². The highest BCUT2D eigenvalue weighted by Crippen LogP contribution is 2.27. The van der Waals surface area contributed by atoms with E-state index in [9.17, 15) is 4.79 Å². The number of carbonyl (C=O) groups is 1. The van der Waals surface area contributed by atoms with Gasteiger partial charge in [0.05, 0.1) is 18.3 Å². The molecule has 0 aliphatic carbocycles. The van der Waals surface area contributed by atoms with E-state index in [0.717, 1.165) is 23.4 Å². The van der Waals surface area contributed by atoms with E-state index in [4.69, 9.17) is 10.3 Å². The first-order chi connectivity index (χ1) is 9.24. The van der Waals surface area contributed by atoms with Crippen molar-refractivity contribution in [2.45, 2.75) is 0 Å². The lowest BCUT2D eigenvalue weighted by Gasteiger charge is -2.28. The third-order valence-corrected chi connectivity index (χ3v) is 3.18. The lowest BCUT2D eigenvalue weighted by Crippen LogP contribution is -2.47. The zero-order valence-corrected chi connectivity index (χ0v) is 10.3. The number of nitrogens with two attached hydrogens (primary N) is 1. The largest absolute Gasteiger partial charge is 0.367 e. The Bertz CT molecular complexity index is 591. The number of nitrogens with one attached hydrogen (secondary N) is 1. The van der Waals surface area contributed by atoms with Gasteiger partial charge in [0.25, 0.3) is 0 Å². The molecule has 0 atom stereocenters. The summed E-state index contributed by atoms with van der Waals surface area (Å²) in [6.07, 6.45) is 1.60. The first kappa shape index (κ1) is 11.6. The van der Waals surface area contributed by atoms with Gasteiger partial charge in [0.2, 0.25) is 11.8 Å². The molecule has 6 nitrogen and oxygen atoms in total. The number of rotatable bonds is 2. The molecule has 2 aromatic rings. The number of nitrogens with zero attached hydrogens (tertiary/aromatic N) is 2. The van der Waals surface area contributed by atoms with Crippen LogP contribution in [0.3, 0.4) is 0 Å². The van der Waals surface area contributed by atoms with Crippen molar-refractivity contribution in [2.24, 2.45) is 0 Å². The van der Waals surface area contributed by atoms with E-state index in [1.807, 2.05) is 29.2 Å². The molecule has 1 aliphatic rings. The molecule has 1 aliphatic heterocycles. The highest BCUT2D eigenvalue weighted by atomic mass is 16.5. The van der Waals surface area contributed by atoms with Crippen molar-refractivity contribution in [2.75, 3.05) is 30.3 Å². The first-order valence-electron chi connectivity index (χ1n) is 6.06. The van der Waals surface area contributed by atoms with Crippen LogP contribution in [0.25, 0.3) is 11.1 Å². The number of hydrogen-bond acceptors (Lipinski definition) is 5. The molecule has 1 aromatic heterocycles. The fraction of sp³-hybridized carbons (Fsp3) is 0.231. The summed E-state index contributed by atoms with van der Waals surface area (Å²) in [6.45, 7) is 1.90. The number of hydrogen-bond donors (Lipinski definition) is 2. The summed E-state index contributed by atoms with van der Waals surface area (Å²) < 4.78 is 4.84. The first-order valence-corrected chi connectivity index (χ1v) is 6.06. The average Bonchev–Trinajstić information content (AvgIpc) is 2.85. The summed E-state index contributed by atoms with van der Waals surface area (Å²) in [5.74, 6) is 0.365. The minimum atomic E-state index is 0.0543. The second-order valence-corrected chi connectivity index (χ2v) is 4.42. The van der Waals surface area contributed by atoms with Crippen molar-refractivity contribution >= 4 is 17.5 Å². The van der Waals surface area contributed by atoms with Gasteiger partial charge in [-0.15, -0.1) is 0 Å². The van der Waals surface area contributed by atoms with Crippen molar-refractivity contribution in [3.63, 3.8) is 0 Å². The predicted octanol–water partition coefficient (Wildman–Crippen LogP) is 0.860. The maximum Gasteiger partial charge on any atom is 0.239 e. The van der Waals surface area contributed by atoms with Gasteiger partial charge in [-0.3, -0.25) is 4.79 Å². The molecule has 1 aromatic carbocycles. The van der Waals surface area contributed by atoms with E-state index in [2.05, 4.69) is 10.5 Å². The summed E-state index contributed by atoms with van der Waals surface area (Å²) >= 11 is 0. The van der Waals surface area contributed by atoms with Gasteiger partial charge in [0, 0.05) is 18.8 Å². The highest BCUT2D eigenvalue weighted by Gasteiger charge is 2.16. The molecule has 1 amide bonds. The molecule has 0 bridgehead atoms. The Morgan fingerprint density at radius 2 is 2.11 bits per heavy atom. The minimum Gasteiger partial charge on any atom is -0.367 e. The Kier molecular flexibility index (Phi) is 2.83. The van der Waals surface area contributed by atoms with Crippen LogP contribution >= 0.6 is 0 Å². The zero-order chi connectivity index (χ0) is 13.2. The minimum absolute atomic E-state index is 0.0543. The molecule has 19 heavy (non-hydrogen) atoms. The van der Waals surface area contributed by atoms with Crippen molar-refractivity contribution < 1.29 is 9.32 Å².